The van der Waals surface area contributed by atoms with Crippen molar-refractivity contribution in [3.8, 4) is 0 Å². The Hall–Kier alpha value is -2.73. The van der Waals surface area contributed by atoms with Crippen molar-refractivity contribution in [3.05, 3.63) is 68.7 Å². The van der Waals surface area contributed by atoms with Crippen molar-refractivity contribution < 1.29 is 4.79 Å². The molecule has 0 unspecified atom stereocenters. The Balaban J connectivity index is 2.00. The summed E-state index contributed by atoms with van der Waals surface area (Å²) in [5.74, 6) is 0.0715. The van der Waals surface area contributed by atoms with Crippen LogP contribution in [-0.2, 0) is 7.05 Å². The Labute approximate surface area is 150 Å². The summed E-state index contributed by atoms with van der Waals surface area (Å²) in [6.07, 6.45) is 0. The predicted molar refractivity (Wildman–Crippen MR) is 103 cm³/mol. The fraction of sp³-hybridized carbons (Fsp3) is 0.211. The van der Waals surface area contributed by atoms with Gasteiger partial charge in [0, 0.05) is 18.3 Å². The average molecular weight is 353 g/mol. The van der Waals surface area contributed by atoms with Crippen LogP contribution in [-0.4, -0.2) is 15.5 Å². The van der Waals surface area contributed by atoms with E-state index < -0.39 is 0 Å². The highest BCUT2D eigenvalue weighted by atomic mass is 32.1. The number of nitrogens with zero attached hydrogens (tertiary/aromatic N) is 1. The second-order valence-corrected chi connectivity index (χ2v) is 6.64. The van der Waals surface area contributed by atoms with E-state index in [2.05, 4.69) is 24.1 Å². The SMILES string of the molecule is CC(C)c1ccccc1NC(=O)c1ccc2c(=O)n(C)c(=S)[nH]c2c1. The van der Waals surface area contributed by atoms with E-state index in [1.807, 2.05) is 24.3 Å². The lowest BCUT2D eigenvalue weighted by molar-refractivity contribution is 0.102. The van der Waals surface area contributed by atoms with Crippen LogP contribution in [0.25, 0.3) is 10.9 Å². The molecule has 0 aliphatic heterocycles. The number of benzene rings is 2. The molecule has 0 aliphatic rings. The Bertz CT molecular complexity index is 1080. The molecule has 128 valence electrons. The normalized spacial score (nSPS) is 11.0. The lowest BCUT2D eigenvalue weighted by Crippen LogP contribution is -2.19. The van der Waals surface area contributed by atoms with Gasteiger partial charge in [0.1, 0.15) is 0 Å². The van der Waals surface area contributed by atoms with Crippen molar-refractivity contribution in [2.45, 2.75) is 19.8 Å². The Morgan fingerprint density at radius 3 is 2.64 bits per heavy atom. The number of hydrogen-bond donors (Lipinski definition) is 2. The lowest BCUT2D eigenvalue weighted by Gasteiger charge is -2.14. The largest absolute Gasteiger partial charge is 0.332 e. The predicted octanol–water partition coefficient (Wildman–Crippen LogP) is 3.97. The zero-order chi connectivity index (χ0) is 18.1. The number of H-pyrrole nitrogens is 1. The van der Waals surface area contributed by atoms with Crippen LogP contribution < -0.4 is 10.9 Å². The molecule has 0 spiro atoms. The van der Waals surface area contributed by atoms with Crippen LogP contribution in [0.15, 0.2) is 47.3 Å². The maximum absolute atomic E-state index is 12.6. The molecule has 6 heteroatoms. The molecule has 0 radical (unpaired) electrons. The van der Waals surface area contributed by atoms with Crippen molar-refractivity contribution in [3.63, 3.8) is 0 Å². The maximum Gasteiger partial charge on any atom is 0.261 e. The summed E-state index contributed by atoms with van der Waals surface area (Å²) >= 11 is 5.13. The Morgan fingerprint density at radius 1 is 1.20 bits per heavy atom. The van der Waals surface area contributed by atoms with Gasteiger partial charge in [-0.1, -0.05) is 32.0 Å². The molecule has 1 amide bonds. The van der Waals surface area contributed by atoms with Crippen molar-refractivity contribution in [1.82, 2.24) is 9.55 Å². The maximum atomic E-state index is 12.6. The first kappa shape index (κ1) is 17.1. The zero-order valence-corrected chi connectivity index (χ0v) is 15.1. The number of nitrogens with one attached hydrogen (secondary N) is 2. The first-order valence-corrected chi connectivity index (χ1v) is 8.42. The smallest absolute Gasteiger partial charge is 0.261 e. The molecule has 3 rings (SSSR count). The molecule has 5 nitrogen and oxygen atoms in total. The number of carbonyl (C=O) groups is 1. The molecule has 1 heterocycles. The molecule has 25 heavy (non-hydrogen) atoms. The number of rotatable bonds is 3. The molecular formula is C19H19N3O2S. The van der Waals surface area contributed by atoms with Crippen LogP contribution in [0, 0.1) is 4.77 Å². The molecule has 1 aromatic heterocycles. The van der Waals surface area contributed by atoms with E-state index in [4.69, 9.17) is 12.2 Å². The van der Waals surface area contributed by atoms with Gasteiger partial charge in [-0.2, -0.15) is 0 Å². The number of aromatic nitrogens is 2. The van der Waals surface area contributed by atoms with Gasteiger partial charge in [-0.25, -0.2) is 0 Å². The summed E-state index contributed by atoms with van der Waals surface area (Å²) in [6, 6.07) is 12.7. The quantitative estimate of drug-likeness (QED) is 0.700. The van der Waals surface area contributed by atoms with Gasteiger partial charge in [0.2, 0.25) is 0 Å². The summed E-state index contributed by atoms with van der Waals surface area (Å²) in [6.45, 7) is 4.16. The molecule has 0 bridgehead atoms. The summed E-state index contributed by atoms with van der Waals surface area (Å²) in [5, 5.41) is 3.45. The van der Waals surface area contributed by atoms with Gasteiger partial charge in [0.15, 0.2) is 4.77 Å². The monoisotopic (exact) mass is 353 g/mol. The van der Waals surface area contributed by atoms with Gasteiger partial charge in [-0.15, -0.1) is 0 Å². The van der Waals surface area contributed by atoms with Gasteiger partial charge in [-0.3, -0.25) is 14.2 Å². The number of hydrogen-bond acceptors (Lipinski definition) is 3. The molecule has 2 aromatic carbocycles. The summed E-state index contributed by atoms with van der Waals surface area (Å²) < 4.78 is 1.69. The van der Waals surface area contributed by atoms with Crippen LogP contribution in [0.5, 0.6) is 0 Å². The highest BCUT2D eigenvalue weighted by Crippen LogP contribution is 2.24. The Morgan fingerprint density at radius 2 is 1.92 bits per heavy atom. The second kappa shape index (κ2) is 6.64. The highest BCUT2D eigenvalue weighted by molar-refractivity contribution is 7.71. The van der Waals surface area contributed by atoms with Gasteiger partial charge >= 0.3 is 0 Å². The minimum Gasteiger partial charge on any atom is -0.332 e. The average Bonchev–Trinajstić information content (AvgIpc) is 2.59. The lowest BCUT2D eigenvalue weighted by atomic mass is 10.0. The van der Waals surface area contributed by atoms with Crippen LogP contribution in [0.4, 0.5) is 5.69 Å². The van der Waals surface area contributed by atoms with E-state index in [1.54, 1.807) is 25.2 Å². The fourth-order valence-electron chi connectivity index (χ4n) is 2.76. The van der Waals surface area contributed by atoms with Crippen molar-refractivity contribution in [2.24, 2.45) is 7.05 Å². The molecule has 0 saturated carbocycles. The van der Waals surface area contributed by atoms with Gasteiger partial charge in [-0.05, 0) is 48.0 Å². The van der Waals surface area contributed by atoms with E-state index in [0.29, 0.717) is 27.2 Å². The third kappa shape index (κ3) is 3.25. The van der Waals surface area contributed by atoms with Crippen molar-refractivity contribution >= 4 is 34.7 Å². The number of aromatic amines is 1. The molecular weight excluding hydrogens is 334 g/mol. The van der Waals surface area contributed by atoms with E-state index in [-0.39, 0.29) is 11.5 Å². The summed E-state index contributed by atoms with van der Waals surface area (Å²) in [7, 11) is 1.62. The van der Waals surface area contributed by atoms with Crippen LogP contribution in [0.2, 0.25) is 0 Å². The van der Waals surface area contributed by atoms with Crippen molar-refractivity contribution in [1.29, 1.82) is 0 Å². The number of amides is 1. The third-order valence-corrected chi connectivity index (χ3v) is 4.57. The van der Waals surface area contributed by atoms with Crippen molar-refractivity contribution in [2.75, 3.05) is 5.32 Å². The fourth-order valence-corrected chi connectivity index (χ4v) is 2.95. The van der Waals surface area contributed by atoms with E-state index in [0.717, 1.165) is 11.3 Å². The van der Waals surface area contributed by atoms with Gasteiger partial charge in [0.25, 0.3) is 11.5 Å². The molecule has 3 aromatic rings. The molecule has 2 N–H and O–H groups in total. The van der Waals surface area contributed by atoms with E-state index >= 15 is 0 Å². The first-order chi connectivity index (χ1) is 11.9. The number of para-hydroxylation sites is 1. The summed E-state index contributed by atoms with van der Waals surface area (Å²) in [5.41, 5.74) is 2.70. The zero-order valence-electron chi connectivity index (χ0n) is 14.3. The second-order valence-electron chi connectivity index (χ2n) is 6.25. The summed E-state index contributed by atoms with van der Waals surface area (Å²) in [4.78, 5) is 27.8. The van der Waals surface area contributed by atoms with Gasteiger partial charge < -0.3 is 10.3 Å². The Kier molecular flexibility index (Phi) is 4.55. The molecule has 0 aliphatic carbocycles. The molecule has 0 fully saturated rings. The number of fused-ring (bicyclic) bond motifs is 1. The third-order valence-electron chi connectivity index (χ3n) is 4.19. The molecule has 0 atom stereocenters. The first-order valence-electron chi connectivity index (χ1n) is 8.02. The number of carbonyl (C=O) groups excluding carboxylic acids is 1. The van der Waals surface area contributed by atoms with E-state index in [1.165, 1.54) is 4.57 Å². The molecule has 0 saturated heterocycles. The standard InChI is InChI=1S/C19H19N3O2S/c1-11(2)13-6-4-5-7-15(13)20-17(23)12-8-9-14-16(10-12)21-19(25)22(3)18(14)24/h4-11H,1-3H3,(H,20,23)(H,21,25). The highest BCUT2D eigenvalue weighted by Gasteiger charge is 2.12. The van der Waals surface area contributed by atoms with Crippen LogP contribution >= 0.6 is 12.2 Å². The van der Waals surface area contributed by atoms with Gasteiger partial charge in [0.05, 0.1) is 10.9 Å². The minimum atomic E-state index is -0.227. The van der Waals surface area contributed by atoms with Crippen LogP contribution in [0.1, 0.15) is 35.7 Å². The van der Waals surface area contributed by atoms with Crippen LogP contribution in [0.3, 0.4) is 0 Å². The topological polar surface area (TPSA) is 66.9 Å². The van der Waals surface area contributed by atoms with E-state index in [9.17, 15) is 9.59 Å². The minimum absolute atomic E-state index is 0.184. The number of anilines is 1.